The van der Waals surface area contributed by atoms with Gasteiger partial charge in [0.1, 0.15) is 11.9 Å². The third-order valence-electron chi connectivity index (χ3n) is 3.21. The number of ether oxygens (including phenoxy) is 1. The fraction of sp³-hybridized carbons (Fsp3) is 0.176. The Morgan fingerprint density at radius 3 is 2.63 bits per heavy atom. The van der Waals surface area contributed by atoms with Gasteiger partial charge in [-0.15, -0.1) is 0 Å². The maximum atomic E-state index is 5.92. The Morgan fingerprint density at radius 2 is 1.74 bits per heavy atom. The third-order valence-corrected chi connectivity index (χ3v) is 3.21. The van der Waals surface area contributed by atoms with Crippen molar-refractivity contribution in [1.29, 1.82) is 0 Å². The first-order chi connectivity index (χ1) is 9.42. The van der Waals surface area contributed by atoms with E-state index in [2.05, 4.69) is 47.8 Å². The number of hydrogen-bond donors (Lipinski definition) is 1. The van der Waals surface area contributed by atoms with Crippen LogP contribution in [0.2, 0.25) is 0 Å². The number of para-hydroxylation sites is 1. The molecule has 0 saturated carbocycles. The monoisotopic (exact) mass is 251 g/mol. The molecule has 2 nitrogen and oxygen atoms in total. The number of nitrogens with one attached hydrogen (secondary N) is 1. The van der Waals surface area contributed by atoms with E-state index in [0.29, 0.717) is 0 Å². The molecule has 1 atom stereocenters. The highest BCUT2D eigenvalue weighted by Crippen LogP contribution is 2.24. The van der Waals surface area contributed by atoms with E-state index in [0.717, 1.165) is 24.4 Å². The van der Waals surface area contributed by atoms with Crippen LogP contribution < -0.4 is 10.1 Å². The minimum atomic E-state index is 0.110. The summed E-state index contributed by atoms with van der Waals surface area (Å²) in [5.41, 5.74) is 2.45. The Hall–Kier alpha value is -2.06. The van der Waals surface area contributed by atoms with Crippen LogP contribution in [0.1, 0.15) is 11.1 Å². The van der Waals surface area contributed by atoms with E-state index >= 15 is 0 Å². The van der Waals surface area contributed by atoms with Crippen molar-refractivity contribution in [3.8, 4) is 5.75 Å². The molecule has 2 heteroatoms. The summed E-state index contributed by atoms with van der Waals surface area (Å²) in [4.78, 5) is 0. The summed E-state index contributed by atoms with van der Waals surface area (Å²) in [7, 11) is 0. The molecule has 0 aliphatic carbocycles. The van der Waals surface area contributed by atoms with Crippen LogP contribution in [-0.2, 0) is 6.54 Å². The first-order valence-corrected chi connectivity index (χ1v) is 6.60. The zero-order valence-electron chi connectivity index (χ0n) is 10.8. The van der Waals surface area contributed by atoms with Gasteiger partial charge in [-0.3, -0.25) is 0 Å². The second-order valence-corrected chi connectivity index (χ2v) is 4.67. The molecule has 0 fully saturated rings. The molecule has 1 aliphatic rings. The van der Waals surface area contributed by atoms with E-state index in [1.807, 2.05) is 24.3 Å². The molecule has 1 N–H and O–H groups in total. The van der Waals surface area contributed by atoms with Crippen molar-refractivity contribution in [3.05, 3.63) is 71.8 Å². The van der Waals surface area contributed by atoms with Crippen LogP contribution in [0.3, 0.4) is 0 Å². The van der Waals surface area contributed by atoms with Crippen molar-refractivity contribution in [2.75, 3.05) is 6.54 Å². The molecule has 0 amide bonds. The zero-order chi connectivity index (χ0) is 12.9. The van der Waals surface area contributed by atoms with Gasteiger partial charge in [-0.2, -0.15) is 0 Å². The highest BCUT2D eigenvalue weighted by atomic mass is 16.5. The topological polar surface area (TPSA) is 21.3 Å². The van der Waals surface area contributed by atoms with Gasteiger partial charge in [0.05, 0.1) is 0 Å². The summed E-state index contributed by atoms with van der Waals surface area (Å²) in [6, 6.07) is 18.5. The quantitative estimate of drug-likeness (QED) is 0.900. The molecule has 3 rings (SSSR count). The second-order valence-electron chi connectivity index (χ2n) is 4.67. The second kappa shape index (κ2) is 5.72. The third kappa shape index (κ3) is 3.04. The standard InChI is InChI=1S/C17H17NO/c1-2-6-14(7-3-1)12-18-13-16-11-10-15-8-4-5-9-17(15)19-16/h1-11,16,18H,12-13H2. The van der Waals surface area contributed by atoms with Gasteiger partial charge in [0.15, 0.2) is 0 Å². The molecule has 2 aromatic carbocycles. The molecular formula is C17H17NO. The first kappa shape index (κ1) is 12.0. The Labute approximate surface area is 113 Å². The summed E-state index contributed by atoms with van der Waals surface area (Å²) < 4.78 is 5.92. The van der Waals surface area contributed by atoms with E-state index in [1.54, 1.807) is 0 Å². The minimum Gasteiger partial charge on any atom is -0.484 e. The normalized spacial score (nSPS) is 16.7. The highest BCUT2D eigenvalue weighted by Gasteiger charge is 2.13. The average molecular weight is 251 g/mol. The van der Waals surface area contributed by atoms with Crippen LogP contribution in [-0.4, -0.2) is 12.6 Å². The lowest BCUT2D eigenvalue weighted by molar-refractivity contribution is 0.240. The van der Waals surface area contributed by atoms with Gasteiger partial charge in [0.25, 0.3) is 0 Å². The highest BCUT2D eigenvalue weighted by molar-refractivity contribution is 5.59. The molecule has 0 aromatic heterocycles. The van der Waals surface area contributed by atoms with E-state index in [-0.39, 0.29) is 6.10 Å². The van der Waals surface area contributed by atoms with E-state index in [4.69, 9.17) is 4.74 Å². The molecule has 0 saturated heterocycles. The van der Waals surface area contributed by atoms with Crippen molar-refractivity contribution in [1.82, 2.24) is 5.32 Å². The Bertz CT molecular complexity index is 562. The number of rotatable bonds is 4. The smallest absolute Gasteiger partial charge is 0.130 e. The van der Waals surface area contributed by atoms with Crippen molar-refractivity contribution in [3.63, 3.8) is 0 Å². The van der Waals surface area contributed by atoms with Crippen LogP contribution in [0.5, 0.6) is 5.75 Å². The summed E-state index contributed by atoms with van der Waals surface area (Å²) in [5, 5.41) is 3.43. The summed E-state index contributed by atoms with van der Waals surface area (Å²) in [6.45, 7) is 1.69. The molecule has 96 valence electrons. The number of hydrogen-bond acceptors (Lipinski definition) is 2. The van der Waals surface area contributed by atoms with Gasteiger partial charge in [-0.25, -0.2) is 0 Å². The Morgan fingerprint density at radius 1 is 0.947 bits per heavy atom. The summed E-state index contributed by atoms with van der Waals surface area (Å²) in [5.74, 6) is 0.969. The van der Waals surface area contributed by atoms with E-state index in [9.17, 15) is 0 Å². The van der Waals surface area contributed by atoms with Gasteiger partial charge in [0, 0.05) is 18.7 Å². The molecular weight excluding hydrogens is 234 g/mol. The van der Waals surface area contributed by atoms with Gasteiger partial charge in [-0.1, -0.05) is 54.6 Å². The minimum absolute atomic E-state index is 0.110. The predicted octanol–water partition coefficient (Wildman–Crippen LogP) is 3.25. The molecule has 0 radical (unpaired) electrons. The lowest BCUT2D eigenvalue weighted by atomic mass is 10.1. The average Bonchev–Trinajstić information content (AvgIpc) is 2.48. The van der Waals surface area contributed by atoms with Crippen molar-refractivity contribution in [2.45, 2.75) is 12.6 Å². The molecule has 1 unspecified atom stereocenters. The lowest BCUT2D eigenvalue weighted by Crippen LogP contribution is -2.30. The molecule has 0 bridgehead atoms. The van der Waals surface area contributed by atoms with Crippen LogP contribution in [0.15, 0.2) is 60.7 Å². The largest absolute Gasteiger partial charge is 0.484 e. The molecule has 19 heavy (non-hydrogen) atoms. The molecule has 0 spiro atoms. The number of benzene rings is 2. The van der Waals surface area contributed by atoms with Crippen LogP contribution in [0.4, 0.5) is 0 Å². The van der Waals surface area contributed by atoms with Crippen molar-refractivity contribution < 1.29 is 4.74 Å². The van der Waals surface area contributed by atoms with Gasteiger partial charge in [-0.05, 0) is 17.7 Å². The number of fused-ring (bicyclic) bond motifs is 1. The fourth-order valence-electron chi connectivity index (χ4n) is 2.20. The van der Waals surface area contributed by atoms with Crippen LogP contribution >= 0.6 is 0 Å². The maximum absolute atomic E-state index is 5.92. The van der Waals surface area contributed by atoms with Gasteiger partial charge < -0.3 is 10.1 Å². The van der Waals surface area contributed by atoms with Gasteiger partial charge in [0.2, 0.25) is 0 Å². The zero-order valence-corrected chi connectivity index (χ0v) is 10.8. The van der Waals surface area contributed by atoms with Gasteiger partial charge >= 0.3 is 0 Å². The molecule has 2 aromatic rings. The SMILES string of the molecule is C1=CC(CNCc2ccccc2)Oc2ccccc21. The Balaban J connectivity index is 1.53. The summed E-state index contributed by atoms with van der Waals surface area (Å²) in [6.07, 6.45) is 4.35. The predicted molar refractivity (Wildman–Crippen MR) is 78.0 cm³/mol. The summed E-state index contributed by atoms with van der Waals surface area (Å²) >= 11 is 0. The van der Waals surface area contributed by atoms with Crippen molar-refractivity contribution in [2.24, 2.45) is 0 Å². The van der Waals surface area contributed by atoms with E-state index < -0.39 is 0 Å². The lowest BCUT2D eigenvalue weighted by Gasteiger charge is -2.21. The Kier molecular flexibility index (Phi) is 3.61. The van der Waals surface area contributed by atoms with Crippen LogP contribution in [0.25, 0.3) is 6.08 Å². The maximum Gasteiger partial charge on any atom is 0.130 e. The molecule has 1 aliphatic heterocycles. The first-order valence-electron chi connectivity index (χ1n) is 6.60. The fourth-order valence-corrected chi connectivity index (χ4v) is 2.20. The van der Waals surface area contributed by atoms with E-state index in [1.165, 1.54) is 5.56 Å². The molecule has 1 heterocycles. The van der Waals surface area contributed by atoms with Crippen LogP contribution in [0, 0.1) is 0 Å². The van der Waals surface area contributed by atoms with Crippen molar-refractivity contribution >= 4 is 6.08 Å².